The molecule has 1 N–H and O–H groups in total. The molecule has 2 heterocycles. The molecule has 2 aromatic rings. The van der Waals surface area contributed by atoms with Crippen LogP contribution < -0.4 is 4.90 Å². The molecule has 0 aliphatic rings. The van der Waals surface area contributed by atoms with Gasteiger partial charge in [0.15, 0.2) is 5.15 Å². The van der Waals surface area contributed by atoms with Crippen molar-refractivity contribution in [2.75, 3.05) is 18.5 Å². The molecule has 0 aliphatic carbocycles. The first kappa shape index (κ1) is 15.5. The lowest BCUT2D eigenvalue weighted by atomic mass is 10.2. The van der Waals surface area contributed by atoms with E-state index in [-0.39, 0.29) is 0 Å². The number of aromatic nitrogens is 2. The second kappa shape index (κ2) is 6.26. The summed E-state index contributed by atoms with van der Waals surface area (Å²) in [6.07, 6.45) is -0.662. The lowest BCUT2D eigenvalue weighted by Crippen LogP contribution is -2.25. The van der Waals surface area contributed by atoms with Gasteiger partial charge in [-0.05, 0) is 25.5 Å². The Bertz CT molecular complexity index is 594. The van der Waals surface area contributed by atoms with Gasteiger partial charge < -0.3 is 10.0 Å². The summed E-state index contributed by atoms with van der Waals surface area (Å²) in [7, 11) is 1.85. The zero-order valence-corrected chi connectivity index (χ0v) is 13.7. The van der Waals surface area contributed by atoms with Crippen LogP contribution in [0.1, 0.15) is 22.4 Å². The van der Waals surface area contributed by atoms with Crippen LogP contribution in [0.25, 0.3) is 0 Å². The van der Waals surface area contributed by atoms with Gasteiger partial charge in [0.05, 0.1) is 12.2 Å². The van der Waals surface area contributed by atoms with Gasteiger partial charge in [-0.1, -0.05) is 23.2 Å². The molecule has 0 spiro atoms. The van der Waals surface area contributed by atoms with Gasteiger partial charge in [-0.3, -0.25) is 0 Å². The van der Waals surface area contributed by atoms with Crippen molar-refractivity contribution >= 4 is 40.2 Å². The fraction of sp³-hybridized carbons (Fsp3) is 0.385. The van der Waals surface area contributed by atoms with Crippen molar-refractivity contribution in [1.29, 1.82) is 0 Å². The summed E-state index contributed by atoms with van der Waals surface area (Å²) in [6.45, 7) is 4.20. The normalized spacial score (nSPS) is 12.5. The molecule has 2 rings (SSSR count). The van der Waals surface area contributed by atoms with Gasteiger partial charge in [-0.2, -0.15) is 0 Å². The zero-order chi connectivity index (χ0) is 14.9. The number of aliphatic hydroxyl groups is 1. The van der Waals surface area contributed by atoms with Gasteiger partial charge in [0, 0.05) is 18.1 Å². The number of thiazole rings is 1. The van der Waals surface area contributed by atoms with Crippen LogP contribution >= 0.6 is 34.5 Å². The molecule has 20 heavy (non-hydrogen) atoms. The number of nitrogens with zero attached hydrogens (tertiary/aromatic N) is 3. The maximum atomic E-state index is 10.2. The molecule has 0 saturated carbocycles. The van der Waals surface area contributed by atoms with Crippen LogP contribution in [0, 0.1) is 13.8 Å². The van der Waals surface area contributed by atoms with Crippen molar-refractivity contribution in [3.8, 4) is 0 Å². The van der Waals surface area contributed by atoms with Crippen LogP contribution in [0.3, 0.4) is 0 Å². The van der Waals surface area contributed by atoms with Gasteiger partial charge in [-0.15, -0.1) is 11.3 Å². The largest absolute Gasteiger partial charge is 0.384 e. The molecule has 0 aliphatic heterocycles. The summed E-state index contributed by atoms with van der Waals surface area (Å²) in [5, 5.41) is 13.5. The molecule has 0 fully saturated rings. The third kappa shape index (κ3) is 3.41. The summed E-state index contributed by atoms with van der Waals surface area (Å²) in [4.78, 5) is 10.2. The Kier molecular flexibility index (Phi) is 4.86. The van der Waals surface area contributed by atoms with E-state index in [1.807, 2.05) is 31.2 Å². The maximum absolute atomic E-state index is 10.2. The number of hydrogen-bond donors (Lipinski definition) is 1. The number of hydrogen-bond acceptors (Lipinski definition) is 5. The van der Waals surface area contributed by atoms with E-state index >= 15 is 0 Å². The first-order valence-electron chi connectivity index (χ1n) is 6.02. The topological polar surface area (TPSA) is 49.2 Å². The van der Waals surface area contributed by atoms with E-state index in [4.69, 9.17) is 23.2 Å². The predicted octanol–water partition coefficient (Wildman–Crippen LogP) is 3.63. The average Bonchev–Trinajstić information content (AvgIpc) is 2.74. The van der Waals surface area contributed by atoms with Gasteiger partial charge in [0.2, 0.25) is 0 Å². The van der Waals surface area contributed by atoms with Crippen LogP contribution in [-0.4, -0.2) is 28.7 Å². The zero-order valence-electron chi connectivity index (χ0n) is 11.4. The molecule has 1 atom stereocenters. The molecule has 0 bridgehead atoms. The number of aryl methyl sites for hydroxylation is 2. The van der Waals surface area contributed by atoms with E-state index in [9.17, 15) is 5.11 Å². The highest BCUT2D eigenvalue weighted by Gasteiger charge is 2.18. The van der Waals surface area contributed by atoms with Crippen LogP contribution in [0.5, 0.6) is 0 Å². The first-order valence-corrected chi connectivity index (χ1v) is 7.66. The van der Waals surface area contributed by atoms with Crippen molar-refractivity contribution in [3.63, 3.8) is 0 Å². The molecular weight excluding hydrogens is 317 g/mol. The first-order chi connectivity index (χ1) is 9.38. The summed E-state index contributed by atoms with van der Waals surface area (Å²) in [6, 6.07) is 1.75. The second-order valence-electron chi connectivity index (χ2n) is 4.62. The molecule has 4 nitrogen and oxygen atoms in total. The summed E-state index contributed by atoms with van der Waals surface area (Å²) in [5.41, 5.74) is 2.59. The molecule has 0 unspecified atom stereocenters. The van der Waals surface area contributed by atoms with E-state index in [2.05, 4.69) is 9.97 Å². The standard InChI is InChI=1S/C13H15Cl2N3OS/c1-7-4-10(14)17-12(15)11(7)18(3)5-9(19)13-16-8(2)6-20-13/h4,6,9,19H,5H2,1-3H3/t9-/m1/s1. The Balaban J connectivity index is 2.18. The monoisotopic (exact) mass is 331 g/mol. The van der Waals surface area contributed by atoms with E-state index in [0.717, 1.165) is 16.9 Å². The summed E-state index contributed by atoms with van der Waals surface area (Å²) < 4.78 is 0. The van der Waals surface area contributed by atoms with E-state index < -0.39 is 6.10 Å². The fourth-order valence-corrected chi connectivity index (χ4v) is 3.45. The third-order valence-electron chi connectivity index (χ3n) is 2.86. The lowest BCUT2D eigenvalue weighted by molar-refractivity contribution is 0.184. The average molecular weight is 332 g/mol. The lowest BCUT2D eigenvalue weighted by Gasteiger charge is -2.24. The van der Waals surface area contributed by atoms with Crippen molar-refractivity contribution in [2.45, 2.75) is 20.0 Å². The summed E-state index contributed by atoms with van der Waals surface area (Å²) in [5.74, 6) is 0. The minimum atomic E-state index is -0.662. The Morgan fingerprint density at radius 3 is 2.60 bits per heavy atom. The van der Waals surface area contributed by atoms with Crippen molar-refractivity contribution < 1.29 is 5.11 Å². The Morgan fingerprint density at radius 2 is 2.05 bits per heavy atom. The highest BCUT2D eigenvalue weighted by Crippen LogP contribution is 2.30. The molecule has 2 aromatic heterocycles. The van der Waals surface area contributed by atoms with Gasteiger partial charge >= 0.3 is 0 Å². The van der Waals surface area contributed by atoms with Crippen molar-refractivity contribution in [3.05, 3.63) is 38.0 Å². The number of rotatable bonds is 4. The molecular formula is C13H15Cl2N3OS. The van der Waals surface area contributed by atoms with Gasteiger partial charge in [0.25, 0.3) is 0 Å². The van der Waals surface area contributed by atoms with Gasteiger partial charge in [0.1, 0.15) is 16.3 Å². The Labute approximate surface area is 132 Å². The van der Waals surface area contributed by atoms with Crippen LogP contribution in [0.15, 0.2) is 11.4 Å². The number of anilines is 1. The van der Waals surface area contributed by atoms with Crippen molar-refractivity contribution in [2.24, 2.45) is 0 Å². The SMILES string of the molecule is Cc1csc([C@H](O)CN(C)c2c(C)cc(Cl)nc2Cl)n1. The molecule has 0 amide bonds. The second-order valence-corrected chi connectivity index (χ2v) is 6.26. The number of pyridine rings is 1. The van der Waals surface area contributed by atoms with E-state index in [0.29, 0.717) is 21.9 Å². The minimum Gasteiger partial charge on any atom is -0.384 e. The Morgan fingerprint density at radius 1 is 1.35 bits per heavy atom. The number of likely N-dealkylation sites (N-methyl/N-ethyl adjacent to an activating group) is 1. The predicted molar refractivity (Wildman–Crippen MR) is 84.1 cm³/mol. The molecule has 108 valence electrons. The fourth-order valence-electron chi connectivity index (χ4n) is 2.00. The minimum absolute atomic E-state index is 0.333. The Hall–Kier alpha value is -0.880. The smallest absolute Gasteiger partial charge is 0.154 e. The quantitative estimate of drug-likeness (QED) is 0.869. The number of aliphatic hydroxyl groups excluding tert-OH is 1. The highest BCUT2D eigenvalue weighted by molar-refractivity contribution is 7.09. The maximum Gasteiger partial charge on any atom is 0.154 e. The molecule has 0 saturated heterocycles. The summed E-state index contributed by atoms with van der Waals surface area (Å²) >= 11 is 13.4. The number of halogens is 2. The van der Waals surface area contributed by atoms with Crippen LogP contribution in [0.2, 0.25) is 10.3 Å². The third-order valence-corrected chi connectivity index (χ3v) is 4.38. The molecule has 7 heteroatoms. The molecule has 0 aromatic carbocycles. The highest BCUT2D eigenvalue weighted by atomic mass is 35.5. The van der Waals surface area contributed by atoms with Crippen molar-refractivity contribution in [1.82, 2.24) is 9.97 Å². The van der Waals surface area contributed by atoms with E-state index in [1.165, 1.54) is 11.3 Å². The molecule has 0 radical (unpaired) electrons. The van der Waals surface area contributed by atoms with Crippen LogP contribution in [0.4, 0.5) is 5.69 Å². The van der Waals surface area contributed by atoms with E-state index in [1.54, 1.807) is 6.07 Å². The van der Waals surface area contributed by atoms with Gasteiger partial charge in [-0.25, -0.2) is 9.97 Å². The van der Waals surface area contributed by atoms with Crippen LogP contribution in [-0.2, 0) is 0 Å².